The van der Waals surface area contributed by atoms with Gasteiger partial charge in [0.05, 0.1) is 7.11 Å². The molecule has 0 bridgehead atoms. The largest absolute Gasteiger partial charge is 0.497 e. The van der Waals surface area contributed by atoms with Crippen molar-refractivity contribution in [1.29, 1.82) is 0 Å². The summed E-state index contributed by atoms with van der Waals surface area (Å²) in [6.45, 7) is 1.88. The Morgan fingerprint density at radius 1 is 1.42 bits per heavy atom. The fraction of sp³-hybridized carbons (Fsp3) is 0.222. The van der Waals surface area contributed by atoms with Crippen molar-refractivity contribution in [3.05, 3.63) is 24.0 Å². The summed E-state index contributed by atoms with van der Waals surface area (Å²) < 4.78 is 10.1. The second kappa shape index (κ2) is 2.52. The maximum atomic E-state index is 5.08. The molecule has 0 spiro atoms. The third-order valence-corrected chi connectivity index (χ3v) is 1.86. The van der Waals surface area contributed by atoms with Crippen molar-refractivity contribution in [1.82, 2.24) is 5.16 Å². The molecule has 2 rings (SSSR count). The Morgan fingerprint density at radius 3 is 3.00 bits per heavy atom. The van der Waals surface area contributed by atoms with E-state index >= 15 is 0 Å². The van der Waals surface area contributed by atoms with Crippen LogP contribution in [0.25, 0.3) is 10.9 Å². The third-order valence-electron chi connectivity index (χ3n) is 1.86. The summed E-state index contributed by atoms with van der Waals surface area (Å²) in [5, 5.41) is 4.87. The lowest BCUT2D eigenvalue weighted by Gasteiger charge is -1.96. The van der Waals surface area contributed by atoms with Gasteiger partial charge in [-0.15, -0.1) is 0 Å². The second-order valence-electron chi connectivity index (χ2n) is 2.62. The molecule has 0 N–H and O–H groups in total. The molecule has 0 aliphatic heterocycles. The highest BCUT2D eigenvalue weighted by Gasteiger charge is 2.03. The van der Waals surface area contributed by atoms with Gasteiger partial charge in [-0.2, -0.15) is 0 Å². The summed E-state index contributed by atoms with van der Waals surface area (Å²) in [5.74, 6) is 1.65. The number of hydrogen-bond acceptors (Lipinski definition) is 3. The molecule has 1 heterocycles. The van der Waals surface area contributed by atoms with E-state index in [-0.39, 0.29) is 0 Å². The van der Waals surface area contributed by atoms with Gasteiger partial charge in [-0.1, -0.05) is 5.16 Å². The summed E-state index contributed by atoms with van der Waals surface area (Å²) in [6.07, 6.45) is 0. The van der Waals surface area contributed by atoms with Gasteiger partial charge in [-0.05, 0) is 25.1 Å². The first-order valence-electron chi connectivity index (χ1n) is 3.71. The van der Waals surface area contributed by atoms with Crippen LogP contribution < -0.4 is 4.74 Å². The van der Waals surface area contributed by atoms with Crippen molar-refractivity contribution in [2.45, 2.75) is 6.92 Å². The van der Waals surface area contributed by atoms with Crippen LogP contribution in [0.5, 0.6) is 5.75 Å². The van der Waals surface area contributed by atoms with Crippen molar-refractivity contribution >= 4 is 10.9 Å². The van der Waals surface area contributed by atoms with Crippen molar-refractivity contribution in [3.8, 4) is 5.75 Å². The van der Waals surface area contributed by atoms with E-state index < -0.39 is 0 Å². The Hall–Kier alpha value is -1.51. The number of aromatic nitrogens is 1. The van der Waals surface area contributed by atoms with Gasteiger partial charge in [0.2, 0.25) is 0 Å². The van der Waals surface area contributed by atoms with Crippen molar-refractivity contribution in [2.75, 3.05) is 7.11 Å². The summed E-state index contributed by atoms with van der Waals surface area (Å²) in [5.41, 5.74) is 0.869. The monoisotopic (exact) mass is 163 g/mol. The molecule has 3 nitrogen and oxygen atoms in total. The van der Waals surface area contributed by atoms with E-state index in [2.05, 4.69) is 5.16 Å². The van der Waals surface area contributed by atoms with E-state index in [1.165, 1.54) is 0 Å². The topological polar surface area (TPSA) is 35.3 Å². The fourth-order valence-electron chi connectivity index (χ4n) is 1.17. The first-order valence-corrected chi connectivity index (χ1v) is 3.71. The Labute approximate surface area is 69.9 Å². The first-order chi connectivity index (χ1) is 5.81. The molecular weight excluding hydrogens is 154 g/mol. The van der Waals surface area contributed by atoms with Gasteiger partial charge in [0.15, 0.2) is 0 Å². The zero-order chi connectivity index (χ0) is 8.55. The third kappa shape index (κ3) is 0.942. The first kappa shape index (κ1) is 7.16. The smallest absolute Gasteiger partial charge is 0.141 e. The molecular formula is C9H9NO2. The van der Waals surface area contributed by atoms with Gasteiger partial charge in [0.25, 0.3) is 0 Å². The summed E-state index contributed by atoms with van der Waals surface area (Å²) in [7, 11) is 1.64. The summed E-state index contributed by atoms with van der Waals surface area (Å²) >= 11 is 0. The molecule has 0 amide bonds. The van der Waals surface area contributed by atoms with Gasteiger partial charge in [-0.25, -0.2) is 0 Å². The predicted molar refractivity (Wildman–Crippen MR) is 45.3 cm³/mol. The average molecular weight is 163 g/mol. The minimum absolute atomic E-state index is 0.823. The molecule has 62 valence electrons. The van der Waals surface area contributed by atoms with Crippen LogP contribution in [0, 0.1) is 6.92 Å². The van der Waals surface area contributed by atoms with E-state index in [0.717, 1.165) is 22.4 Å². The van der Waals surface area contributed by atoms with Crippen molar-refractivity contribution in [2.24, 2.45) is 0 Å². The lowest BCUT2D eigenvalue weighted by atomic mass is 10.2. The lowest BCUT2D eigenvalue weighted by molar-refractivity contribution is 0.405. The Balaban J connectivity index is 2.71. The maximum absolute atomic E-state index is 5.08. The number of methoxy groups -OCH3 is 1. The summed E-state index contributed by atoms with van der Waals surface area (Å²) in [4.78, 5) is 0. The molecule has 0 saturated carbocycles. The van der Waals surface area contributed by atoms with Crippen LogP contribution in [0.15, 0.2) is 22.7 Å². The number of benzene rings is 1. The molecule has 1 aromatic heterocycles. The van der Waals surface area contributed by atoms with Crippen molar-refractivity contribution < 1.29 is 9.26 Å². The van der Waals surface area contributed by atoms with Crippen molar-refractivity contribution in [3.63, 3.8) is 0 Å². The van der Waals surface area contributed by atoms with Gasteiger partial charge in [0.1, 0.15) is 17.0 Å². The quantitative estimate of drug-likeness (QED) is 0.646. The fourth-order valence-corrected chi connectivity index (χ4v) is 1.17. The number of nitrogens with zero attached hydrogens (tertiary/aromatic N) is 1. The molecule has 0 fully saturated rings. The van der Waals surface area contributed by atoms with E-state index in [9.17, 15) is 0 Å². The lowest BCUT2D eigenvalue weighted by Crippen LogP contribution is -1.81. The second-order valence-corrected chi connectivity index (χ2v) is 2.62. The van der Waals surface area contributed by atoms with E-state index in [4.69, 9.17) is 9.26 Å². The molecule has 12 heavy (non-hydrogen) atoms. The minimum Gasteiger partial charge on any atom is -0.497 e. The van der Waals surface area contributed by atoms with Crippen LogP contribution in [0.1, 0.15) is 5.76 Å². The number of hydrogen-bond donors (Lipinski definition) is 0. The van der Waals surface area contributed by atoms with E-state index in [1.807, 2.05) is 25.1 Å². The molecule has 0 unspecified atom stereocenters. The number of aryl methyl sites for hydroxylation is 1. The highest BCUT2D eigenvalue weighted by molar-refractivity contribution is 5.81. The van der Waals surface area contributed by atoms with Gasteiger partial charge in [-0.3, -0.25) is 0 Å². The average Bonchev–Trinajstić information content (AvgIpc) is 2.47. The molecule has 0 radical (unpaired) electrons. The van der Waals surface area contributed by atoms with Crippen LogP contribution in [0.3, 0.4) is 0 Å². The Bertz CT molecular complexity index is 406. The zero-order valence-corrected chi connectivity index (χ0v) is 7.00. The van der Waals surface area contributed by atoms with Crippen LogP contribution >= 0.6 is 0 Å². The van der Waals surface area contributed by atoms with E-state index in [1.54, 1.807) is 7.11 Å². The van der Waals surface area contributed by atoms with Gasteiger partial charge < -0.3 is 9.26 Å². The molecule has 0 saturated heterocycles. The predicted octanol–water partition coefficient (Wildman–Crippen LogP) is 2.14. The SMILES string of the molecule is COc1ccc2noc(C)c2c1. The Kier molecular flexibility index (Phi) is 1.50. The van der Waals surface area contributed by atoms with Gasteiger partial charge in [0, 0.05) is 5.39 Å². The molecule has 0 atom stereocenters. The zero-order valence-electron chi connectivity index (χ0n) is 7.00. The maximum Gasteiger partial charge on any atom is 0.141 e. The number of ether oxygens (including phenoxy) is 1. The summed E-state index contributed by atoms with van der Waals surface area (Å²) in [6, 6.07) is 5.66. The molecule has 0 aliphatic carbocycles. The van der Waals surface area contributed by atoms with Crippen LogP contribution in [0.4, 0.5) is 0 Å². The molecule has 1 aromatic carbocycles. The highest BCUT2D eigenvalue weighted by atomic mass is 16.5. The number of rotatable bonds is 1. The Morgan fingerprint density at radius 2 is 2.25 bits per heavy atom. The van der Waals surface area contributed by atoms with E-state index in [0.29, 0.717) is 0 Å². The molecule has 0 aliphatic rings. The van der Waals surface area contributed by atoms with Crippen LogP contribution in [-0.2, 0) is 0 Å². The molecule has 3 heteroatoms. The van der Waals surface area contributed by atoms with Crippen LogP contribution in [-0.4, -0.2) is 12.3 Å². The standard InChI is InChI=1S/C9H9NO2/c1-6-8-5-7(11-2)3-4-9(8)10-12-6/h3-5H,1-2H3. The minimum atomic E-state index is 0.823. The normalized spacial score (nSPS) is 10.5. The highest BCUT2D eigenvalue weighted by Crippen LogP contribution is 2.22. The van der Waals surface area contributed by atoms with Gasteiger partial charge >= 0.3 is 0 Å². The molecule has 2 aromatic rings. The van der Waals surface area contributed by atoms with Crippen LogP contribution in [0.2, 0.25) is 0 Å². The number of fused-ring (bicyclic) bond motifs is 1.